The summed E-state index contributed by atoms with van der Waals surface area (Å²) in [7, 11) is 0. The van der Waals surface area contributed by atoms with E-state index in [1.165, 1.54) is 15.4 Å². The maximum Gasteiger partial charge on any atom is 0.0277 e. The molecule has 0 fully saturated rings. The average Bonchev–Trinajstić information content (AvgIpc) is 2.29. The molecule has 0 aliphatic rings. The summed E-state index contributed by atoms with van der Waals surface area (Å²) in [6.07, 6.45) is 0. The monoisotopic (exact) mass is 307 g/mol. The molecule has 0 saturated heterocycles. The first-order chi connectivity index (χ1) is 8.16. The van der Waals surface area contributed by atoms with E-state index in [-0.39, 0.29) is 6.04 Å². The van der Waals surface area contributed by atoms with Gasteiger partial charge in [0.05, 0.1) is 0 Å². The summed E-state index contributed by atoms with van der Waals surface area (Å²) in [5.74, 6) is 0. The molecule has 0 saturated carbocycles. The van der Waals surface area contributed by atoms with Gasteiger partial charge in [-0.1, -0.05) is 52.0 Å². The van der Waals surface area contributed by atoms with Crippen LogP contribution in [0.3, 0.4) is 0 Å². The van der Waals surface area contributed by atoms with Crippen LogP contribution in [0, 0.1) is 0 Å². The number of hydrogen-bond acceptors (Lipinski definition) is 2. The van der Waals surface area contributed by atoms with E-state index in [1.807, 2.05) is 31.2 Å². The van der Waals surface area contributed by atoms with E-state index >= 15 is 0 Å². The van der Waals surface area contributed by atoms with Crippen LogP contribution < -0.4 is 5.73 Å². The molecule has 0 amide bonds. The molecular weight excluding hydrogens is 294 g/mol. The minimum atomic E-state index is 0.0610. The summed E-state index contributed by atoms with van der Waals surface area (Å²) in [4.78, 5) is 2.44. The highest BCUT2D eigenvalue weighted by Gasteiger charge is 2.07. The SMILES string of the molecule is C[C@@H](N)c1ccccc1Sc1cccc(Br)c1. The van der Waals surface area contributed by atoms with Crippen molar-refractivity contribution < 1.29 is 0 Å². The van der Waals surface area contributed by atoms with Crippen molar-refractivity contribution >= 4 is 27.7 Å². The molecule has 2 aromatic rings. The number of rotatable bonds is 3. The predicted molar refractivity (Wildman–Crippen MR) is 77.3 cm³/mol. The fourth-order valence-electron chi connectivity index (χ4n) is 1.61. The van der Waals surface area contributed by atoms with Crippen molar-refractivity contribution in [1.82, 2.24) is 0 Å². The fourth-order valence-corrected chi connectivity index (χ4v) is 3.26. The Hall–Kier alpha value is -0.770. The first-order valence-corrected chi connectivity index (χ1v) is 7.05. The second-order valence-electron chi connectivity index (χ2n) is 3.89. The Kier molecular flexibility index (Phi) is 4.26. The summed E-state index contributed by atoms with van der Waals surface area (Å²) in [5.41, 5.74) is 7.17. The van der Waals surface area contributed by atoms with E-state index < -0.39 is 0 Å². The van der Waals surface area contributed by atoms with E-state index in [4.69, 9.17) is 5.73 Å². The molecule has 1 nitrogen and oxygen atoms in total. The third kappa shape index (κ3) is 3.35. The zero-order valence-corrected chi connectivity index (χ0v) is 12.0. The summed E-state index contributed by atoms with van der Waals surface area (Å²) in [5, 5.41) is 0. The third-order valence-electron chi connectivity index (χ3n) is 2.43. The van der Waals surface area contributed by atoms with Crippen LogP contribution in [0.2, 0.25) is 0 Å². The lowest BCUT2D eigenvalue weighted by Crippen LogP contribution is -2.05. The molecule has 1 atom stereocenters. The zero-order chi connectivity index (χ0) is 12.3. The summed E-state index contributed by atoms with van der Waals surface area (Å²) in [6.45, 7) is 2.01. The van der Waals surface area contributed by atoms with Crippen LogP contribution in [0.4, 0.5) is 0 Å². The molecule has 0 aliphatic heterocycles. The fraction of sp³-hybridized carbons (Fsp3) is 0.143. The second-order valence-corrected chi connectivity index (χ2v) is 5.92. The van der Waals surface area contributed by atoms with Gasteiger partial charge in [0, 0.05) is 20.3 Å². The van der Waals surface area contributed by atoms with Gasteiger partial charge in [-0.2, -0.15) is 0 Å². The first kappa shape index (κ1) is 12.7. The van der Waals surface area contributed by atoms with Crippen LogP contribution in [-0.2, 0) is 0 Å². The Morgan fingerprint density at radius 1 is 1.12 bits per heavy atom. The molecular formula is C14H14BrNS. The van der Waals surface area contributed by atoms with Crippen molar-refractivity contribution in [3.05, 3.63) is 58.6 Å². The van der Waals surface area contributed by atoms with Gasteiger partial charge in [0.15, 0.2) is 0 Å². The van der Waals surface area contributed by atoms with Crippen LogP contribution in [-0.4, -0.2) is 0 Å². The van der Waals surface area contributed by atoms with Crippen molar-refractivity contribution in [2.24, 2.45) is 5.73 Å². The van der Waals surface area contributed by atoms with Crippen LogP contribution in [0.25, 0.3) is 0 Å². The van der Waals surface area contributed by atoms with Gasteiger partial charge in [-0.25, -0.2) is 0 Å². The van der Waals surface area contributed by atoms with Gasteiger partial charge in [-0.3, -0.25) is 0 Å². The minimum Gasteiger partial charge on any atom is -0.324 e. The van der Waals surface area contributed by atoms with Gasteiger partial charge in [0.25, 0.3) is 0 Å². The van der Waals surface area contributed by atoms with Gasteiger partial charge in [0.2, 0.25) is 0 Å². The van der Waals surface area contributed by atoms with Crippen molar-refractivity contribution in [2.75, 3.05) is 0 Å². The van der Waals surface area contributed by atoms with E-state index in [9.17, 15) is 0 Å². The van der Waals surface area contributed by atoms with Crippen LogP contribution in [0.1, 0.15) is 18.5 Å². The Morgan fingerprint density at radius 2 is 1.88 bits per heavy atom. The van der Waals surface area contributed by atoms with Crippen molar-refractivity contribution in [3.63, 3.8) is 0 Å². The molecule has 0 spiro atoms. The third-order valence-corrected chi connectivity index (χ3v) is 4.01. The maximum absolute atomic E-state index is 5.98. The second kappa shape index (κ2) is 5.71. The highest BCUT2D eigenvalue weighted by molar-refractivity contribution is 9.10. The molecule has 2 aromatic carbocycles. The van der Waals surface area contributed by atoms with Crippen LogP contribution >= 0.6 is 27.7 Å². The van der Waals surface area contributed by atoms with Gasteiger partial charge >= 0.3 is 0 Å². The smallest absolute Gasteiger partial charge is 0.0277 e. The first-order valence-electron chi connectivity index (χ1n) is 5.45. The normalized spacial score (nSPS) is 12.4. The average molecular weight is 308 g/mol. The number of benzene rings is 2. The maximum atomic E-state index is 5.98. The molecule has 3 heteroatoms. The topological polar surface area (TPSA) is 26.0 Å². The molecule has 0 heterocycles. The van der Waals surface area contributed by atoms with Crippen LogP contribution in [0.5, 0.6) is 0 Å². The van der Waals surface area contributed by atoms with Gasteiger partial charge < -0.3 is 5.73 Å². The lowest BCUT2D eigenvalue weighted by molar-refractivity contribution is 0.797. The Morgan fingerprint density at radius 3 is 2.59 bits per heavy atom. The van der Waals surface area contributed by atoms with E-state index in [2.05, 4.69) is 40.2 Å². The quantitative estimate of drug-likeness (QED) is 0.895. The lowest BCUT2D eigenvalue weighted by Gasteiger charge is -2.12. The molecule has 88 valence electrons. The Labute approximate surface area is 115 Å². The van der Waals surface area contributed by atoms with Gasteiger partial charge in [-0.05, 0) is 36.8 Å². The molecule has 0 radical (unpaired) electrons. The molecule has 0 aliphatic carbocycles. The largest absolute Gasteiger partial charge is 0.324 e. The number of halogens is 1. The summed E-state index contributed by atoms with van der Waals surface area (Å²) >= 11 is 5.23. The Balaban J connectivity index is 2.30. The zero-order valence-electron chi connectivity index (χ0n) is 9.56. The van der Waals surface area contributed by atoms with Gasteiger partial charge in [-0.15, -0.1) is 0 Å². The highest BCUT2D eigenvalue weighted by Crippen LogP contribution is 2.33. The van der Waals surface area contributed by atoms with Crippen LogP contribution in [0.15, 0.2) is 62.8 Å². The minimum absolute atomic E-state index is 0.0610. The standard InChI is InChI=1S/C14H14BrNS/c1-10(16)13-7-2-3-8-14(13)17-12-6-4-5-11(15)9-12/h2-10H,16H2,1H3/t10-/m1/s1. The van der Waals surface area contributed by atoms with Crippen molar-refractivity contribution in [2.45, 2.75) is 22.8 Å². The van der Waals surface area contributed by atoms with Gasteiger partial charge in [0.1, 0.15) is 0 Å². The number of nitrogens with two attached hydrogens (primary N) is 1. The molecule has 2 N–H and O–H groups in total. The summed E-state index contributed by atoms with van der Waals surface area (Å²) < 4.78 is 1.10. The van der Waals surface area contributed by atoms with E-state index in [0.29, 0.717) is 0 Å². The van der Waals surface area contributed by atoms with E-state index in [1.54, 1.807) is 11.8 Å². The molecule has 0 aromatic heterocycles. The highest BCUT2D eigenvalue weighted by atomic mass is 79.9. The molecule has 17 heavy (non-hydrogen) atoms. The molecule has 0 unspecified atom stereocenters. The Bertz CT molecular complexity index is 511. The molecule has 2 rings (SSSR count). The summed E-state index contributed by atoms with van der Waals surface area (Å²) in [6, 6.07) is 16.6. The van der Waals surface area contributed by atoms with Crippen molar-refractivity contribution in [1.29, 1.82) is 0 Å². The van der Waals surface area contributed by atoms with E-state index in [0.717, 1.165) is 4.47 Å². The molecule has 0 bridgehead atoms. The predicted octanol–water partition coefficient (Wildman–Crippen LogP) is 4.62. The lowest BCUT2D eigenvalue weighted by atomic mass is 10.1. The number of hydrogen-bond donors (Lipinski definition) is 1. The van der Waals surface area contributed by atoms with Crippen molar-refractivity contribution in [3.8, 4) is 0 Å².